The maximum absolute atomic E-state index is 11.6. The van der Waals surface area contributed by atoms with Crippen LogP contribution in [0.1, 0.15) is 18.3 Å². The molecule has 0 radical (unpaired) electrons. The summed E-state index contributed by atoms with van der Waals surface area (Å²) in [6.45, 7) is 5.25. The van der Waals surface area contributed by atoms with E-state index in [1.807, 2.05) is 0 Å². The van der Waals surface area contributed by atoms with Gasteiger partial charge in [-0.3, -0.25) is 14.6 Å². The number of hydrogen-bond acceptors (Lipinski definition) is 4. The quantitative estimate of drug-likeness (QED) is 0.819. The highest BCUT2D eigenvalue weighted by Crippen LogP contribution is 2.13. The van der Waals surface area contributed by atoms with Gasteiger partial charge in [0, 0.05) is 17.8 Å². The summed E-state index contributed by atoms with van der Waals surface area (Å²) in [5.74, 6) is 0.432. The second-order valence-electron chi connectivity index (χ2n) is 4.28. The van der Waals surface area contributed by atoms with Crippen molar-refractivity contribution in [2.24, 2.45) is 0 Å². The molecule has 0 saturated heterocycles. The summed E-state index contributed by atoms with van der Waals surface area (Å²) in [6, 6.07) is 3.08. The van der Waals surface area contributed by atoms with Crippen molar-refractivity contribution < 1.29 is 4.79 Å². The Labute approximate surface area is 115 Å². The van der Waals surface area contributed by atoms with Crippen LogP contribution in [0.3, 0.4) is 0 Å². The van der Waals surface area contributed by atoms with Crippen molar-refractivity contribution in [3.05, 3.63) is 46.0 Å². The lowest BCUT2D eigenvalue weighted by molar-refractivity contribution is -0.111. The molecule has 0 aliphatic rings. The van der Waals surface area contributed by atoms with Gasteiger partial charge in [-0.05, 0) is 26.8 Å². The van der Waals surface area contributed by atoms with E-state index in [4.69, 9.17) is 0 Å². The number of aryl methyl sites for hydroxylation is 2. The smallest absolute Gasteiger partial charge is 0.252 e. The monoisotopic (exact) mass is 273 g/mol. The number of aromatic nitrogens is 4. The van der Waals surface area contributed by atoms with Crippen molar-refractivity contribution >= 4 is 11.7 Å². The average Bonchev–Trinajstić information content (AvgIpc) is 2.69. The molecule has 0 fully saturated rings. The lowest BCUT2D eigenvalue weighted by atomic mass is 10.4. The molecule has 0 atom stereocenters. The number of nitrogens with zero attached hydrogens (tertiary/aromatic N) is 3. The fourth-order valence-electron chi connectivity index (χ4n) is 1.73. The molecule has 0 spiro atoms. The summed E-state index contributed by atoms with van der Waals surface area (Å²) in [4.78, 5) is 29.9. The highest BCUT2D eigenvalue weighted by Gasteiger charge is 2.11. The molecule has 2 N–H and O–H groups in total. The number of allylic oxidation sites excluding steroid dienone is 1. The third kappa shape index (κ3) is 3.00. The zero-order valence-electron chi connectivity index (χ0n) is 11.5. The Balaban J connectivity index is 2.46. The average molecular weight is 273 g/mol. The molecule has 0 bridgehead atoms. The number of nitrogens with one attached hydrogen (secondary N) is 2. The van der Waals surface area contributed by atoms with Gasteiger partial charge in [0.25, 0.3) is 5.56 Å². The number of rotatable bonds is 3. The highest BCUT2D eigenvalue weighted by molar-refractivity contribution is 5.98. The normalized spacial score (nSPS) is 10.9. The van der Waals surface area contributed by atoms with E-state index in [9.17, 15) is 9.59 Å². The van der Waals surface area contributed by atoms with Gasteiger partial charge in [-0.25, -0.2) is 4.98 Å². The van der Waals surface area contributed by atoms with E-state index < -0.39 is 0 Å². The van der Waals surface area contributed by atoms with Gasteiger partial charge in [0.2, 0.25) is 11.9 Å². The largest absolute Gasteiger partial charge is 0.307 e. The summed E-state index contributed by atoms with van der Waals surface area (Å²) in [5.41, 5.74) is 0.999. The standard InChI is InChI=1S/C13H15N5O2/c1-4-5-11(19)15-10-6-9(3)17-18(10)13-14-8(2)7-12(20)16-13/h4-7H,1-3H3,(H,15,19)(H,14,16,20). The molecule has 0 saturated carbocycles. The molecule has 0 aliphatic heterocycles. The van der Waals surface area contributed by atoms with E-state index >= 15 is 0 Å². The molecule has 2 aromatic heterocycles. The van der Waals surface area contributed by atoms with Crippen LogP contribution >= 0.6 is 0 Å². The van der Waals surface area contributed by atoms with Gasteiger partial charge in [0.15, 0.2) is 0 Å². The first-order valence-corrected chi connectivity index (χ1v) is 6.08. The van der Waals surface area contributed by atoms with Gasteiger partial charge in [-0.1, -0.05) is 6.08 Å². The minimum absolute atomic E-state index is 0.263. The Morgan fingerprint density at radius 3 is 2.75 bits per heavy atom. The van der Waals surface area contributed by atoms with Crippen molar-refractivity contribution in [1.82, 2.24) is 19.7 Å². The van der Waals surface area contributed by atoms with Crippen LogP contribution in [0, 0.1) is 13.8 Å². The molecule has 104 valence electrons. The molecule has 2 rings (SSSR count). The van der Waals surface area contributed by atoms with Crippen molar-refractivity contribution in [2.75, 3.05) is 5.32 Å². The molecule has 7 heteroatoms. The van der Waals surface area contributed by atoms with Crippen LogP contribution < -0.4 is 10.9 Å². The Bertz CT molecular complexity index is 727. The number of anilines is 1. The van der Waals surface area contributed by atoms with Crippen LogP contribution in [0.4, 0.5) is 5.82 Å². The minimum atomic E-state index is -0.274. The number of hydrogen-bond donors (Lipinski definition) is 2. The number of H-pyrrole nitrogens is 1. The third-order valence-corrected chi connectivity index (χ3v) is 2.46. The van der Waals surface area contributed by atoms with E-state index in [0.717, 1.165) is 0 Å². The molecule has 2 aromatic rings. The van der Waals surface area contributed by atoms with Crippen molar-refractivity contribution in [1.29, 1.82) is 0 Å². The fourth-order valence-corrected chi connectivity index (χ4v) is 1.73. The first-order valence-electron chi connectivity index (χ1n) is 6.08. The second kappa shape index (κ2) is 5.52. The van der Waals surface area contributed by atoms with Crippen molar-refractivity contribution in [2.45, 2.75) is 20.8 Å². The minimum Gasteiger partial charge on any atom is -0.307 e. The molecule has 1 amide bonds. The van der Waals surface area contributed by atoms with Gasteiger partial charge in [-0.2, -0.15) is 9.78 Å². The fraction of sp³-hybridized carbons (Fsp3) is 0.231. The molecular formula is C13H15N5O2. The van der Waals surface area contributed by atoms with E-state index in [0.29, 0.717) is 17.2 Å². The van der Waals surface area contributed by atoms with Crippen LogP contribution in [0.15, 0.2) is 29.1 Å². The number of amides is 1. The van der Waals surface area contributed by atoms with Gasteiger partial charge in [-0.15, -0.1) is 0 Å². The Hall–Kier alpha value is -2.70. The molecule has 0 aliphatic carbocycles. The summed E-state index contributed by atoms with van der Waals surface area (Å²) >= 11 is 0. The molecule has 7 nitrogen and oxygen atoms in total. The number of carbonyl (C=O) groups excluding carboxylic acids is 1. The molecular weight excluding hydrogens is 258 g/mol. The van der Waals surface area contributed by atoms with E-state index in [1.165, 1.54) is 16.8 Å². The van der Waals surface area contributed by atoms with E-state index in [-0.39, 0.29) is 17.4 Å². The van der Waals surface area contributed by atoms with Crippen molar-refractivity contribution in [3.8, 4) is 5.95 Å². The van der Waals surface area contributed by atoms with Crippen LogP contribution in [-0.4, -0.2) is 25.7 Å². The van der Waals surface area contributed by atoms with Crippen molar-refractivity contribution in [3.63, 3.8) is 0 Å². The van der Waals surface area contributed by atoms with Crippen LogP contribution in [0.25, 0.3) is 5.95 Å². The zero-order chi connectivity index (χ0) is 14.7. The number of carbonyl (C=O) groups is 1. The summed E-state index contributed by atoms with van der Waals surface area (Å²) < 4.78 is 1.39. The lowest BCUT2D eigenvalue weighted by Gasteiger charge is -2.06. The molecule has 0 unspecified atom stereocenters. The maximum atomic E-state index is 11.6. The van der Waals surface area contributed by atoms with E-state index in [2.05, 4.69) is 20.4 Å². The Morgan fingerprint density at radius 1 is 1.35 bits per heavy atom. The topological polar surface area (TPSA) is 92.7 Å². The van der Waals surface area contributed by atoms with Crippen LogP contribution in [0.2, 0.25) is 0 Å². The molecule has 20 heavy (non-hydrogen) atoms. The lowest BCUT2D eigenvalue weighted by Crippen LogP contribution is -2.17. The number of aromatic amines is 1. The summed E-state index contributed by atoms with van der Waals surface area (Å²) in [5, 5.41) is 6.90. The molecule has 0 aromatic carbocycles. The highest BCUT2D eigenvalue weighted by atomic mass is 16.1. The third-order valence-electron chi connectivity index (χ3n) is 2.46. The zero-order valence-corrected chi connectivity index (χ0v) is 11.5. The first-order chi connectivity index (χ1) is 9.49. The van der Waals surface area contributed by atoms with Crippen LogP contribution in [-0.2, 0) is 4.79 Å². The van der Waals surface area contributed by atoms with Gasteiger partial charge in [0.05, 0.1) is 5.69 Å². The maximum Gasteiger partial charge on any atom is 0.252 e. The van der Waals surface area contributed by atoms with Gasteiger partial charge < -0.3 is 5.32 Å². The predicted octanol–water partition coefficient (Wildman–Crippen LogP) is 1.09. The van der Waals surface area contributed by atoms with E-state index in [1.54, 1.807) is 32.9 Å². The SMILES string of the molecule is CC=CC(=O)Nc1cc(C)nn1-c1nc(C)cc(=O)[nH]1. The Morgan fingerprint density at radius 2 is 2.10 bits per heavy atom. The van der Waals surface area contributed by atoms with Crippen LogP contribution in [0.5, 0.6) is 0 Å². The van der Waals surface area contributed by atoms with Gasteiger partial charge >= 0.3 is 0 Å². The summed E-state index contributed by atoms with van der Waals surface area (Å²) in [6.07, 6.45) is 3.04. The Kier molecular flexibility index (Phi) is 3.79. The van der Waals surface area contributed by atoms with Gasteiger partial charge in [0.1, 0.15) is 5.82 Å². The molecule has 2 heterocycles. The second-order valence-corrected chi connectivity index (χ2v) is 4.28. The summed E-state index contributed by atoms with van der Waals surface area (Å²) in [7, 11) is 0. The predicted molar refractivity (Wildman–Crippen MR) is 74.9 cm³/mol. The first kappa shape index (κ1) is 13.7.